The van der Waals surface area contributed by atoms with Gasteiger partial charge in [-0.25, -0.2) is 8.78 Å². The molecule has 0 saturated heterocycles. The summed E-state index contributed by atoms with van der Waals surface area (Å²) in [6.45, 7) is 2.51. The van der Waals surface area contributed by atoms with Crippen LogP contribution in [0.25, 0.3) is 0 Å². The van der Waals surface area contributed by atoms with Gasteiger partial charge in [-0.1, -0.05) is 12.6 Å². The molecular formula is C16H16F2N4O3. The van der Waals surface area contributed by atoms with Crippen LogP contribution in [0, 0.1) is 0 Å². The van der Waals surface area contributed by atoms with E-state index in [2.05, 4.69) is 22.3 Å². The summed E-state index contributed by atoms with van der Waals surface area (Å²) in [6, 6.07) is 6.20. The van der Waals surface area contributed by atoms with Gasteiger partial charge in [0.25, 0.3) is 18.2 Å². The van der Waals surface area contributed by atoms with Crippen LogP contribution in [0.1, 0.15) is 10.4 Å². The number of hydrogen-bond acceptors (Lipinski definition) is 4. The fourth-order valence-corrected chi connectivity index (χ4v) is 1.93. The lowest BCUT2D eigenvalue weighted by Gasteiger charge is -2.08. The Morgan fingerprint density at radius 1 is 1.40 bits per heavy atom. The number of carbonyl (C=O) groups excluding carboxylic acids is 2. The average Bonchev–Trinajstić information content (AvgIpc) is 2.92. The summed E-state index contributed by atoms with van der Waals surface area (Å²) in [5, 5.41) is 8.95. The maximum absolute atomic E-state index is 12.3. The monoisotopic (exact) mass is 350 g/mol. The van der Waals surface area contributed by atoms with Gasteiger partial charge in [-0.3, -0.25) is 14.3 Å². The van der Waals surface area contributed by atoms with E-state index in [4.69, 9.17) is 4.74 Å². The van der Waals surface area contributed by atoms with E-state index in [0.29, 0.717) is 5.69 Å². The first-order chi connectivity index (χ1) is 11.9. The Hall–Kier alpha value is -3.23. The first-order valence-corrected chi connectivity index (χ1v) is 7.18. The van der Waals surface area contributed by atoms with E-state index >= 15 is 0 Å². The number of ether oxygens (including phenoxy) is 1. The number of nitrogens with zero attached hydrogens (tertiary/aromatic N) is 2. The van der Waals surface area contributed by atoms with Gasteiger partial charge in [0.05, 0.1) is 6.20 Å². The molecule has 0 aliphatic rings. The molecule has 0 saturated carbocycles. The van der Waals surface area contributed by atoms with Crippen LogP contribution in [-0.2, 0) is 11.8 Å². The van der Waals surface area contributed by atoms with Gasteiger partial charge in [0, 0.05) is 18.3 Å². The Kier molecular flexibility index (Phi) is 5.83. The molecule has 0 bridgehead atoms. The summed E-state index contributed by atoms with van der Waals surface area (Å²) >= 11 is 0. The number of benzene rings is 1. The van der Waals surface area contributed by atoms with Crippen molar-refractivity contribution in [3.05, 3.63) is 48.7 Å². The molecule has 0 aliphatic heterocycles. The van der Waals surface area contributed by atoms with Crippen LogP contribution in [-0.4, -0.2) is 34.6 Å². The van der Waals surface area contributed by atoms with Gasteiger partial charge in [0.2, 0.25) is 5.91 Å². The third-order valence-corrected chi connectivity index (χ3v) is 2.97. The first-order valence-electron chi connectivity index (χ1n) is 7.18. The number of aryl methyl sites for hydroxylation is 1. The number of carbonyl (C=O) groups is 2. The smallest absolute Gasteiger partial charge is 0.272 e. The van der Waals surface area contributed by atoms with Crippen molar-refractivity contribution in [1.82, 2.24) is 9.78 Å². The minimum Gasteiger partial charge on any atom is -0.469 e. The molecule has 0 fully saturated rings. The Labute approximate surface area is 142 Å². The molecule has 0 aliphatic carbocycles. The lowest BCUT2D eigenvalue weighted by molar-refractivity contribution is -0.111. The largest absolute Gasteiger partial charge is 0.469 e. The summed E-state index contributed by atoms with van der Waals surface area (Å²) in [6.07, 6.45) is -0.118. The molecule has 2 aromatic rings. The maximum atomic E-state index is 12.3. The van der Waals surface area contributed by atoms with E-state index < -0.39 is 24.8 Å². The summed E-state index contributed by atoms with van der Waals surface area (Å²) in [5.41, 5.74) is 0.831. The molecule has 0 spiro atoms. The van der Waals surface area contributed by atoms with Crippen molar-refractivity contribution in [2.24, 2.45) is 7.05 Å². The van der Waals surface area contributed by atoms with Crippen molar-refractivity contribution >= 4 is 23.2 Å². The van der Waals surface area contributed by atoms with E-state index in [1.807, 2.05) is 0 Å². The molecule has 1 aromatic heterocycles. The molecule has 0 atom stereocenters. The number of aromatic nitrogens is 2. The van der Waals surface area contributed by atoms with Gasteiger partial charge in [-0.05, 0) is 24.3 Å². The van der Waals surface area contributed by atoms with Crippen molar-refractivity contribution in [3.8, 4) is 5.88 Å². The number of hydrogen-bond donors (Lipinski definition) is 2. The normalized spacial score (nSPS) is 10.4. The standard InChI is InChI=1S/C16H16F2N4O3/c1-3-14(23)19-11-6-4-5-10(7-11)15(24)20-12-8-22(2)21-16(12)25-9-13(17)18/h3-8,13H,1,9H2,2H3,(H,19,23)(H,20,24). The third-order valence-electron chi connectivity index (χ3n) is 2.97. The van der Waals surface area contributed by atoms with Gasteiger partial charge in [0.15, 0.2) is 6.61 Å². The second-order valence-corrected chi connectivity index (χ2v) is 4.95. The predicted molar refractivity (Wildman–Crippen MR) is 87.9 cm³/mol. The van der Waals surface area contributed by atoms with Crippen molar-refractivity contribution in [2.75, 3.05) is 17.2 Å². The van der Waals surface area contributed by atoms with Crippen LogP contribution in [0.5, 0.6) is 5.88 Å². The first kappa shape index (κ1) is 18.1. The fourth-order valence-electron chi connectivity index (χ4n) is 1.93. The highest BCUT2D eigenvalue weighted by molar-refractivity contribution is 6.06. The number of nitrogens with one attached hydrogen (secondary N) is 2. The molecular weight excluding hydrogens is 334 g/mol. The summed E-state index contributed by atoms with van der Waals surface area (Å²) in [5.74, 6) is -1.02. The lowest BCUT2D eigenvalue weighted by atomic mass is 10.2. The molecule has 1 heterocycles. The van der Waals surface area contributed by atoms with Crippen LogP contribution in [0.15, 0.2) is 43.1 Å². The highest BCUT2D eigenvalue weighted by Crippen LogP contribution is 2.23. The highest BCUT2D eigenvalue weighted by atomic mass is 19.3. The minimum absolute atomic E-state index is 0.104. The molecule has 7 nitrogen and oxygen atoms in total. The van der Waals surface area contributed by atoms with Crippen LogP contribution in [0.2, 0.25) is 0 Å². The van der Waals surface area contributed by atoms with Crippen LogP contribution < -0.4 is 15.4 Å². The summed E-state index contributed by atoms with van der Waals surface area (Å²) in [7, 11) is 1.57. The van der Waals surface area contributed by atoms with Crippen molar-refractivity contribution < 1.29 is 23.1 Å². The molecule has 2 rings (SSSR count). The van der Waals surface area contributed by atoms with Crippen molar-refractivity contribution in [2.45, 2.75) is 6.43 Å². The zero-order valence-corrected chi connectivity index (χ0v) is 13.3. The van der Waals surface area contributed by atoms with Gasteiger partial charge in [0.1, 0.15) is 5.69 Å². The highest BCUT2D eigenvalue weighted by Gasteiger charge is 2.16. The second-order valence-electron chi connectivity index (χ2n) is 4.95. The van der Waals surface area contributed by atoms with Crippen LogP contribution >= 0.6 is 0 Å². The minimum atomic E-state index is -2.66. The average molecular weight is 350 g/mol. The molecule has 2 amide bonds. The molecule has 25 heavy (non-hydrogen) atoms. The molecule has 0 unspecified atom stereocenters. The Morgan fingerprint density at radius 2 is 2.16 bits per heavy atom. The summed E-state index contributed by atoms with van der Waals surface area (Å²) in [4.78, 5) is 23.6. The Balaban J connectivity index is 2.13. The van der Waals surface area contributed by atoms with Gasteiger partial charge < -0.3 is 15.4 Å². The topological polar surface area (TPSA) is 85.3 Å². The van der Waals surface area contributed by atoms with Crippen molar-refractivity contribution in [1.29, 1.82) is 0 Å². The maximum Gasteiger partial charge on any atom is 0.272 e. The lowest BCUT2D eigenvalue weighted by Crippen LogP contribution is -2.14. The number of alkyl halides is 2. The quantitative estimate of drug-likeness (QED) is 0.751. The van der Waals surface area contributed by atoms with Crippen molar-refractivity contribution in [3.63, 3.8) is 0 Å². The Bertz CT molecular complexity index is 789. The van der Waals surface area contributed by atoms with Gasteiger partial charge in [-0.15, -0.1) is 5.10 Å². The van der Waals surface area contributed by atoms with Crippen LogP contribution in [0.4, 0.5) is 20.2 Å². The zero-order valence-electron chi connectivity index (χ0n) is 13.3. The van der Waals surface area contributed by atoms with Gasteiger partial charge >= 0.3 is 0 Å². The molecule has 1 aromatic carbocycles. The number of halogens is 2. The molecule has 0 radical (unpaired) electrons. The van der Waals surface area contributed by atoms with E-state index in [-0.39, 0.29) is 17.1 Å². The van der Waals surface area contributed by atoms with E-state index in [1.165, 1.54) is 23.0 Å². The summed E-state index contributed by atoms with van der Waals surface area (Å²) < 4.78 is 30.8. The molecule has 2 N–H and O–H groups in total. The molecule has 9 heteroatoms. The SMILES string of the molecule is C=CC(=O)Nc1cccc(C(=O)Nc2cn(C)nc2OCC(F)F)c1. The van der Waals surface area contributed by atoms with E-state index in [9.17, 15) is 18.4 Å². The van der Waals surface area contributed by atoms with E-state index in [1.54, 1.807) is 19.2 Å². The zero-order chi connectivity index (χ0) is 18.4. The second kappa shape index (κ2) is 8.04. The fraction of sp³-hybridized carbons (Fsp3) is 0.188. The number of anilines is 2. The number of rotatable bonds is 7. The Morgan fingerprint density at radius 3 is 2.84 bits per heavy atom. The van der Waals surface area contributed by atoms with Gasteiger partial charge in [-0.2, -0.15) is 0 Å². The predicted octanol–water partition coefficient (Wildman–Crippen LogP) is 2.44. The molecule has 132 valence electrons. The van der Waals surface area contributed by atoms with E-state index in [0.717, 1.165) is 6.08 Å². The third kappa shape index (κ3) is 5.13. The van der Waals surface area contributed by atoms with Crippen LogP contribution in [0.3, 0.4) is 0 Å². The number of amides is 2.